The maximum Gasteiger partial charge on any atom is 0.231 e. The van der Waals surface area contributed by atoms with Gasteiger partial charge in [0.05, 0.1) is 11.0 Å². The minimum atomic E-state index is -0.460. The molecular formula is C15H18BNO2. The van der Waals surface area contributed by atoms with Crippen molar-refractivity contribution >= 4 is 19.2 Å². The molecule has 3 rings (SSSR count). The number of ether oxygens (including phenoxy) is 1. The van der Waals surface area contributed by atoms with Gasteiger partial charge < -0.3 is 10.1 Å². The molecule has 0 bridgehead atoms. The number of fused-ring (bicyclic) bond motifs is 2. The van der Waals surface area contributed by atoms with Crippen LogP contribution in [0.2, 0.25) is 0 Å². The molecule has 2 heterocycles. The molecule has 0 saturated carbocycles. The highest BCUT2D eigenvalue weighted by molar-refractivity contribution is 6.32. The van der Waals surface area contributed by atoms with E-state index in [1.165, 1.54) is 5.56 Å². The van der Waals surface area contributed by atoms with Crippen LogP contribution in [0.15, 0.2) is 18.2 Å². The Labute approximate surface area is 115 Å². The lowest BCUT2D eigenvalue weighted by Crippen LogP contribution is -2.58. The molecule has 2 aliphatic heterocycles. The van der Waals surface area contributed by atoms with Crippen LogP contribution in [0.25, 0.3) is 0 Å². The molecule has 3 nitrogen and oxygen atoms in total. The third-order valence-corrected chi connectivity index (χ3v) is 4.44. The lowest BCUT2D eigenvalue weighted by atomic mass is 9.65. The summed E-state index contributed by atoms with van der Waals surface area (Å²) in [4.78, 5) is 12.7. The lowest BCUT2D eigenvalue weighted by Gasteiger charge is -2.46. The van der Waals surface area contributed by atoms with Gasteiger partial charge in [0.1, 0.15) is 7.85 Å². The summed E-state index contributed by atoms with van der Waals surface area (Å²) in [5.74, 6) is 0.110. The van der Waals surface area contributed by atoms with Crippen molar-refractivity contribution in [2.24, 2.45) is 0 Å². The van der Waals surface area contributed by atoms with Crippen LogP contribution in [-0.4, -0.2) is 27.0 Å². The van der Waals surface area contributed by atoms with Gasteiger partial charge in [0.25, 0.3) is 0 Å². The zero-order chi connectivity index (χ0) is 13.7. The summed E-state index contributed by atoms with van der Waals surface area (Å²) in [5.41, 5.74) is 2.17. The molecule has 2 radical (unpaired) electrons. The van der Waals surface area contributed by atoms with Gasteiger partial charge in [-0.1, -0.05) is 23.7 Å². The van der Waals surface area contributed by atoms with Gasteiger partial charge in [-0.25, -0.2) is 0 Å². The van der Waals surface area contributed by atoms with Crippen LogP contribution in [0.3, 0.4) is 0 Å². The predicted octanol–water partition coefficient (Wildman–Crippen LogP) is 0.893. The van der Waals surface area contributed by atoms with E-state index in [4.69, 9.17) is 12.6 Å². The first-order valence-electron chi connectivity index (χ1n) is 6.77. The first kappa shape index (κ1) is 12.7. The molecule has 1 N–H and O–H groups in total. The summed E-state index contributed by atoms with van der Waals surface area (Å²) in [5, 5.41) is 3.16. The summed E-state index contributed by atoms with van der Waals surface area (Å²) < 4.78 is 5.43. The van der Waals surface area contributed by atoms with Gasteiger partial charge in [0.2, 0.25) is 5.91 Å². The first-order valence-corrected chi connectivity index (χ1v) is 6.77. The zero-order valence-electron chi connectivity index (χ0n) is 11.5. The van der Waals surface area contributed by atoms with E-state index < -0.39 is 5.41 Å². The molecule has 19 heavy (non-hydrogen) atoms. The highest BCUT2D eigenvalue weighted by Crippen LogP contribution is 2.43. The molecule has 0 unspecified atom stereocenters. The number of carbonyl (C=O) groups excluding carboxylic acids is 1. The third-order valence-electron chi connectivity index (χ3n) is 4.44. The summed E-state index contributed by atoms with van der Waals surface area (Å²) in [6.07, 6.45) is 1.46. The minimum Gasteiger partial charge on any atom is -0.381 e. The van der Waals surface area contributed by atoms with Crippen LogP contribution >= 0.6 is 0 Å². The highest BCUT2D eigenvalue weighted by atomic mass is 16.5. The third kappa shape index (κ3) is 1.81. The Bertz CT molecular complexity index is 533. The fraction of sp³-hybridized carbons (Fsp3) is 0.533. The molecule has 1 aromatic rings. The fourth-order valence-electron chi connectivity index (χ4n) is 3.31. The average molecular weight is 255 g/mol. The summed E-state index contributed by atoms with van der Waals surface area (Å²) in [7, 11) is 5.94. The number of carbonyl (C=O) groups is 1. The van der Waals surface area contributed by atoms with Crippen LogP contribution in [0.1, 0.15) is 37.8 Å². The Morgan fingerprint density at radius 2 is 1.89 bits per heavy atom. The van der Waals surface area contributed by atoms with Crippen LogP contribution < -0.4 is 10.8 Å². The Morgan fingerprint density at radius 3 is 2.58 bits per heavy atom. The SMILES string of the molecule is [B]c1ccc2c(c1)C1(CCOCC1)C(=O)NC2(C)C. The van der Waals surface area contributed by atoms with Gasteiger partial charge >= 0.3 is 0 Å². The van der Waals surface area contributed by atoms with Crippen molar-refractivity contribution in [3.05, 3.63) is 29.3 Å². The number of hydrogen-bond acceptors (Lipinski definition) is 2. The van der Waals surface area contributed by atoms with Gasteiger partial charge in [-0.2, -0.15) is 0 Å². The van der Waals surface area contributed by atoms with E-state index in [1.54, 1.807) is 0 Å². The summed E-state index contributed by atoms with van der Waals surface area (Å²) in [6, 6.07) is 5.92. The second kappa shape index (κ2) is 4.10. The largest absolute Gasteiger partial charge is 0.381 e. The monoisotopic (exact) mass is 255 g/mol. The van der Waals surface area contributed by atoms with Crippen molar-refractivity contribution in [1.82, 2.24) is 5.32 Å². The lowest BCUT2D eigenvalue weighted by molar-refractivity contribution is -0.133. The minimum absolute atomic E-state index is 0.110. The van der Waals surface area contributed by atoms with Crippen molar-refractivity contribution in [2.75, 3.05) is 13.2 Å². The van der Waals surface area contributed by atoms with E-state index in [1.807, 2.05) is 32.0 Å². The van der Waals surface area contributed by atoms with Gasteiger partial charge in [0.15, 0.2) is 0 Å². The summed E-state index contributed by atoms with van der Waals surface area (Å²) >= 11 is 0. The Morgan fingerprint density at radius 1 is 1.21 bits per heavy atom. The molecule has 1 saturated heterocycles. The van der Waals surface area contributed by atoms with Crippen LogP contribution in [0.5, 0.6) is 0 Å². The quantitative estimate of drug-likeness (QED) is 0.699. The number of nitrogens with one attached hydrogen (secondary N) is 1. The Hall–Kier alpha value is -1.29. The van der Waals surface area contributed by atoms with Crippen molar-refractivity contribution in [2.45, 2.75) is 37.6 Å². The van der Waals surface area contributed by atoms with Gasteiger partial charge in [-0.15, -0.1) is 0 Å². The first-order chi connectivity index (χ1) is 8.96. The molecule has 1 amide bonds. The van der Waals surface area contributed by atoms with E-state index in [0.29, 0.717) is 13.2 Å². The molecule has 1 spiro atoms. The topological polar surface area (TPSA) is 38.3 Å². The number of benzene rings is 1. The van der Waals surface area contributed by atoms with E-state index >= 15 is 0 Å². The molecule has 4 heteroatoms. The maximum absolute atomic E-state index is 12.7. The van der Waals surface area contributed by atoms with E-state index in [9.17, 15) is 4.79 Å². The smallest absolute Gasteiger partial charge is 0.231 e. The second-order valence-corrected chi connectivity index (χ2v) is 6.08. The summed E-state index contributed by atoms with van der Waals surface area (Å²) in [6.45, 7) is 5.32. The van der Waals surface area contributed by atoms with E-state index in [0.717, 1.165) is 23.9 Å². The van der Waals surface area contributed by atoms with Crippen LogP contribution in [0, 0.1) is 0 Å². The molecule has 98 valence electrons. The standard InChI is InChI=1S/C15H18BNO2/c1-14(2)11-4-3-10(16)9-12(11)15(13(18)17-14)5-7-19-8-6-15/h3-4,9H,5-8H2,1-2H3,(H,17,18). The van der Waals surface area contributed by atoms with E-state index in [2.05, 4.69) is 5.32 Å². The number of amides is 1. The molecule has 2 aliphatic rings. The fourth-order valence-corrected chi connectivity index (χ4v) is 3.31. The zero-order valence-corrected chi connectivity index (χ0v) is 11.5. The molecule has 1 aromatic carbocycles. The van der Waals surface area contributed by atoms with Crippen LogP contribution in [0.4, 0.5) is 0 Å². The van der Waals surface area contributed by atoms with E-state index in [-0.39, 0.29) is 11.4 Å². The van der Waals surface area contributed by atoms with Gasteiger partial charge in [-0.05, 0) is 37.8 Å². The molecule has 0 aliphatic carbocycles. The number of hydrogen-bond donors (Lipinski definition) is 1. The number of rotatable bonds is 0. The molecule has 1 fully saturated rings. The molecular weight excluding hydrogens is 237 g/mol. The average Bonchev–Trinajstić information content (AvgIpc) is 2.37. The van der Waals surface area contributed by atoms with Gasteiger partial charge in [-0.3, -0.25) is 4.79 Å². The molecule has 0 atom stereocenters. The predicted molar refractivity (Wildman–Crippen MR) is 74.7 cm³/mol. The van der Waals surface area contributed by atoms with Gasteiger partial charge in [0, 0.05) is 13.2 Å². The highest BCUT2D eigenvalue weighted by Gasteiger charge is 2.49. The van der Waals surface area contributed by atoms with Crippen LogP contribution in [-0.2, 0) is 20.5 Å². The van der Waals surface area contributed by atoms with Crippen molar-refractivity contribution in [3.63, 3.8) is 0 Å². The normalized spacial score (nSPS) is 23.8. The Kier molecular flexibility index (Phi) is 2.75. The molecule has 0 aromatic heterocycles. The second-order valence-electron chi connectivity index (χ2n) is 6.08. The van der Waals surface area contributed by atoms with Crippen molar-refractivity contribution < 1.29 is 9.53 Å². The van der Waals surface area contributed by atoms with Crippen molar-refractivity contribution in [1.29, 1.82) is 0 Å². The van der Waals surface area contributed by atoms with Crippen molar-refractivity contribution in [3.8, 4) is 0 Å². The maximum atomic E-state index is 12.7. The Balaban J connectivity index is 2.22.